The average molecular weight is 339 g/mol. The number of rotatable bonds is 6. The molecule has 0 radical (unpaired) electrons. The second kappa shape index (κ2) is 6.72. The highest BCUT2D eigenvalue weighted by Gasteiger charge is 2.15. The summed E-state index contributed by atoms with van der Waals surface area (Å²) in [6, 6.07) is 8.23. The molecule has 25 heavy (non-hydrogen) atoms. The van der Waals surface area contributed by atoms with Crippen molar-refractivity contribution in [1.29, 1.82) is 0 Å². The van der Waals surface area contributed by atoms with Gasteiger partial charge in [-0.3, -0.25) is 14.9 Å². The highest BCUT2D eigenvalue weighted by molar-refractivity contribution is 5.88. The highest BCUT2D eigenvalue weighted by atomic mass is 16.6. The first kappa shape index (κ1) is 16.6. The zero-order chi connectivity index (χ0) is 18.0. The summed E-state index contributed by atoms with van der Waals surface area (Å²) >= 11 is 0. The maximum Gasteiger partial charge on any atom is 0.307 e. The van der Waals surface area contributed by atoms with Gasteiger partial charge in [-0.1, -0.05) is 19.1 Å². The van der Waals surface area contributed by atoms with Crippen LogP contribution < -0.4 is 0 Å². The molecule has 1 aromatic carbocycles. The van der Waals surface area contributed by atoms with Crippen molar-refractivity contribution < 1.29 is 14.8 Å². The molecule has 128 valence electrons. The first-order valence-corrected chi connectivity index (χ1v) is 7.90. The fourth-order valence-electron chi connectivity index (χ4n) is 3.00. The summed E-state index contributed by atoms with van der Waals surface area (Å²) < 4.78 is 1.90. The molecule has 7 heteroatoms. The van der Waals surface area contributed by atoms with Crippen molar-refractivity contribution in [2.75, 3.05) is 0 Å². The summed E-state index contributed by atoms with van der Waals surface area (Å²) in [4.78, 5) is 25.9. The summed E-state index contributed by atoms with van der Waals surface area (Å²) in [6.45, 7) is 2.49. The van der Waals surface area contributed by atoms with Crippen LogP contribution >= 0.6 is 0 Å². The van der Waals surface area contributed by atoms with Gasteiger partial charge in [0.25, 0.3) is 5.69 Å². The third-order valence-electron chi connectivity index (χ3n) is 4.14. The molecule has 0 bridgehead atoms. The van der Waals surface area contributed by atoms with Crippen LogP contribution in [-0.4, -0.2) is 25.6 Å². The third kappa shape index (κ3) is 3.35. The number of nitro benzene ring substituents is 1. The maximum atomic E-state index is 11.2. The van der Waals surface area contributed by atoms with E-state index in [1.54, 1.807) is 18.3 Å². The third-order valence-corrected chi connectivity index (χ3v) is 4.14. The lowest BCUT2D eigenvalue weighted by Crippen LogP contribution is -2.00. The van der Waals surface area contributed by atoms with Gasteiger partial charge < -0.3 is 9.67 Å². The van der Waals surface area contributed by atoms with Crippen molar-refractivity contribution in [3.05, 3.63) is 69.5 Å². The minimum atomic E-state index is -0.889. The van der Waals surface area contributed by atoms with Crippen LogP contribution in [0.3, 0.4) is 0 Å². The molecule has 0 aliphatic heterocycles. The topological polar surface area (TPSA) is 98.3 Å². The van der Waals surface area contributed by atoms with E-state index in [0.717, 1.165) is 34.1 Å². The van der Waals surface area contributed by atoms with Crippen LogP contribution in [0.4, 0.5) is 5.69 Å². The molecule has 0 saturated carbocycles. The minimum absolute atomic E-state index is 0.0408. The molecule has 7 nitrogen and oxygen atoms in total. The largest absolute Gasteiger partial charge is 0.481 e. The average Bonchev–Trinajstić information content (AvgIpc) is 2.92. The number of non-ortho nitro benzene ring substituents is 1. The lowest BCUT2D eigenvalue weighted by molar-refractivity contribution is -0.384. The molecule has 0 fully saturated rings. The van der Waals surface area contributed by atoms with E-state index in [2.05, 4.69) is 4.98 Å². The minimum Gasteiger partial charge on any atom is -0.481 e. The number of hydrogen-bond acceptors (Lipinski definition) is 4. The number of nitro groups is 1. The molecule has 3 rings (SSSR count). The first-order chi connectivity index (χ1) is 12.0. The van der Waals surface area contributed by atoms with Gasteiger partial charge in [-0.2, -0.15) is 0 Å². The van der Waals surface area contributed by atoms with E-state index in [4.69, 9.17) is 0 Å². The number of benzene rings is 1. The number of aliphatic carboxylic acids is 1. The van der Waals surface area contributed by atoms with Gasteiger partial charge in [0.15, 0.2) is 0 Å². The lowest BCUT2D eigenvalue weighted by Gasteiger charge is -2.06. The quantitative estimate of drug-likeness (QED) is 0.549. The summed E-state index contributed by atoms with van der Waals surface area (Å²) in [7, 11) is 0. The summed E-state index contributed by atoms with van der Waals surface area (Å²) in [6.07, 6.45) is 4.25. The number of hydrogen-bond donors (Lipinski definition) is 1. The van der Waals surface area contributed by atoms with E-state index in [9.17, 15) is 20.0 Å². The van der Waals surface area contributed by atoms with Gasteiger partial charge in [-0.25, -0.2) is 4.98 Å². The van der Waals surface area contributed by atoms with Crippen molar-refractivity contribution in [3.63, 3.8) is 0 Å². The van der Waals surface area contributed by atoms with E-state index in [1.807, 2.05) is 23.8 Å². The molecule has 0 amide bonds. The fraction of sp³-hybridized carbons (Fsp3) is 0.222. The van der Waals surface area contributed by atoms with E-state index >= 15 is 0 Å². The monoisotopic (exact) mass is 339 g/mol. The second-order valence-electron chi connectivity index (χ2n) is 5.80. The molecule has 0 saturated heterocycles. The smallest absolute Gasteiger partial charge is 0.307 e. The van der Waals surface area contributed by atoms with E-state index in [1.165, 1.54) is 12.1 Å². The Bertz CT molecular complexity index is 945. The van der Waals surface area contributed by atoms with Crippen molar-refractivity contribution >= 4 is 22.7 Å². The van der Waals surface area contributed by atoms with Crippen molar-refractivity contribution in [2.24, 2.45) is 0 Å². The molecule has 1 N–H and O–H groups in total. The lowest BCUT2D eigenvalue weighted by atomic mass is 10.1. The van der Waals surface area contributed by atoms with Gasteiger partial charge in [0, 0.05) is 36.5 Å². The molecule has 0 aliphatic carbocycles. The number of carboxylic acid groups (broad SMARTS) is 1. The van der Waals surface area contributed by atoms with Gasteiger partial charge >= 0.3 is 5.97 Å². The number of aryl methyl sites for hydroxylation is 1. The normalized spacial score (nSPS) is 10.9. The number of nitrogens with zero attached hydrogens (tertiary/aromatic N) is 3. The van der Waals surface area contributed by atoms with Crippen LogP contribution in [0.2, 0.25) is 0 Å². The Balaban J connectivity index is 2.03. The van der Waals surface area contributed by atoms with Gasteiger partial charge in [0.05, 0.1) is 11.3 Å². The molecular formula is C18H17N3O4. The summed E-state index contributed by atoms with van der Waals surface area (Å²) in [5.74, 6) is -0.889. The van der Waals surface area contributed by atoms with E-state index < -0.39 is 10.9 Å². The Morgan fingerprint density at radius 2 is 1.96 bits per heavy atom. The van der Waals surface area contributed by atoms with Crippen molar-refractivity contribution in [2.45, 2.75) is 26.3 Å². The molecule has 2 aromatic heterocycles. The second-order valence-corrected chi connectivity index (χ2v) is 5.80. The number of carbonyl (C=O) groups is 1. The number of pyridine rings is 1. The zero-order valence-electron chi connectivity index (χ0n) is 13.7. The van der Waals surface area contributed by atoms with E-state index in [0.29, 0.717) is 6.54 Å². The zero-order valence-corrected chi connectivity index (χ0v) is 13.7. The first-order valence-electron chi connectivity index (χ1n) is 7.90. The molecular weight excluding hydrogens is 322 g/mol. The SMILES string of the molecule is CCc1ccnc2c1c(CC(=O)O)cn2Cc1ccc([N+](=O)[O-])cc1. The summed E-state index contributed by atoms with van der Waals surface area (Å²) in [5, 5.41) is 20.8. The Kier molecular flexibility index (Phi) is 4.47. The van der Waals surface area contributed by atoms with Crippen LogP contribution in [0.1, 0.15) is 23.6 Å². The van der Waals surface area contributed by atoms with Gasteiger partial charge in [-0.05, 0) is 29.2 Å². The van der Waals surface area contributed by atoms with E-state index in [-0.39, 0.29) is 12.1 Å². The molecule has 0 atom stereocenters. The van der Waals surface area contributed by atoms with Crippen LogP contribution in [0.5, 0.6) is 0 Å². The van der Waals surface area contributed by atoms with Gasteiger partial charge in [0.1, 0.15) is 5.65 Å². The Labute approximate surface area is 143 Å². The predicted molar refractivity (Wildman–Crippen MR) is 92.6 cm³/mol. The number of carboxylic acids is 1. The van der Waals surface area contributed by atoms with Gasteiger partial charge in [-0.15, -0.1) is 0 Å². The Hall–Kier alpha value is -3.22. The molecule has 0 unspecified atom stereocenters. The Morgan fingerprint density at radius 1 is 1.24 bits per heavy atom. The highest BCUT2D eigenvalue weighted by Crippen LogP contribution is 2.26. The van der Waals surface area contributed by atoms with Crippen LogP contribution in [0, 0.1) is 10.1 Å². The maximum absolute atomic E-state index is 11.2. The fourth-order valence-corrected chi connectivity index (χ4v) is 3.00. The van der Waals surface area contributed by atoms with Crippen LogP contribution in [-0.2, 0) is 24.2 Å². The Morgan fingerprint density at radius 3 is 2.56 bits per heavy atom. The molecule has 0 spiro atoms. The molecule has 2 heterocycles. The van der Waals surface area contributed by atoms with Crippen molar-refractivity contribution in [1.82, 2.24) is 9.55 Å². The van der Waals surface area contributed by atoms with Crippen LogP contribution in [0.15, 0.2) is 42.7 Å². The van der Waals surface area contributed by atoms with Crippen molar-refractivity contribution in [3.8, 4) is 0 Å². The number of fused-ring (bicyclic) bond motifs is 1. The van der Waals surface area contributed by atoms with Gasteiger partial charge in [0.2, 0.25) is 0 Å². The standard InChI is InChI=1S/C18H17N3O4/c1-2-13-7-8-19-18-17(13)14(9-16(22)23)11-20(18)10-12-3-5-15(6-4-12)21(24)25/h3-8,11H,2,9-10H2,1H3,(H,22,23). The predicted octanol–water partition coefficient (Wildman–Crippen LogP) is 3.18. The molecule has 3 aromatic rings. The van der Waals surface area contributed by atoms with Crippen LogP contribution in [0.25, 0.3) is 11.0 Å². The number of aromatic nitrogens is 2. The summed E-state index contributed by atoms with van der Waals surface area (Å²) in [5.41, 5.74) is 3.44. The molecule has 0 aliphatic rings.